The third kappa shape index (κ3) is 4.19. The Kier molecular flexibility index (Phi) is 6.48. The molecule has 0 amide bonds. The van der Waals surface area contributed by atoms with E-state index < -0.39 is 0 Å². The van der Waals surface area contributed by atoms with Crippen LogP contribution in [0.2, 0.25) is 0 Å². The molecule has 1 aliphatic heterocycles. The second-order valence-corrected chi connectivity index (χ2v) is 7.26. The fraction of sp³-hybridized carbons (Fsp3) is 1.00. The molecule has 2 fully saturated rings. The fourth-order valence-corrected chi connectivity index (χ4v) is 4.45. The molecule has 1 saturated heterocycles. The molecule has 0 aromatic rings. The molecule has 3 unspecified atom stereocenters. The van der Waals surface area contributed by atoms with E-state index in [9.17, 15) is 5.11 Å². The van der Waals surface area contributed by atoms with Crippen molar-refractivity contribution in [3.05, 3.63) is 0 Å². The summed E-state index contributed by atoms with van der Waals surface area (Å²) in [6.45, 7) is 7.00. The summed E-state index contributed by atoms with van der Waals surface area (Å²) in [7, 11) is 4.51. The highest BCUT2D eigenvalue weighted by molar-refractivity contribution is 4.99. The molecule has 0 bridgehead atoms. The SMILES string of the molecule is CCNC1(CO)CCCC1CCN(C)CC1CCCN1C. The summed E-state index contributed by atoms with van der Waals surface area (Å²) in [4.78, 5) is 5.00. The average molecular weight is 297 g/mol. The molecule has 2 rings (SSSR count). The fourth-order valence-electron chi connectivity index (χ4n) is 4.45. The lowest BCUT2D eigenvalue weighted by atomic mass is 9.85. The molecule has 0 spiro atoms. The Morgan fingerprint density at radius 3 is 2.76 bits per heavy atom. The van der Waals surface area contributed by atoms with Crippen molar-refractivity contribution in [3.63, 3.8) is 0 Å². The molecule has 0 aromatic heterocycles. The van der Waals surface area contributed by atoms with Crippen molar-refractivity contribution in [2.75, 3.05) is 46.9 Å². The first-order valence-electron chi connectivity index (χ1n) is 8.86. The number of nitrogens with zero attached hydrogens (tertiary/aromatic N) is 2. The van der Waals surface area contributed by atoms with Crippen LogP contribution in [0.3, 0.4) is 0 Å². The van der Waals surface area contributed by atoms with Gasteiger partial charge in [-0.05, 0) is 71.8 Å². The van der Waals surface area contributed by atoms with Gasteiger partial charge in [0.05, 0.1) is 6.61 Å². The lowest BCUT2D eigenvalue weighted by molar-refractivity contribution is 0.112. The number of likely N-dealkylation sites (tertiary alicyclic amines) is 1. The monoisotopic (exact) mass is 297 g/mol. The molecule has 2 aliphatic rings. The highest BCUT2D eigenvalue weighted by Crippen LogP contribution is 2.37. The van der Waals surface area contributed by atoms with Gasteiger partial charge in [-0.15, -0.1) is 0 Å². The van der Waals surface area contributed by atoms with Crippen LogP contribution < -0.4 is 5.32 Å². The summed E-state index contributed by atoms with van der Waals surface area (Å²) in [6.07, 6.45) is 7.57. The van der Waals surface area contributed by atoms with Crippen molar-refractivity contribution < 1.29 is 5.11 Å². The van der Waals surface area contributed by atoms with Gasteiger partial charge in [0, 0.05) is 18.1 Å². The van der Waals surface area contributed by atoms with Crippen molar-refractivity contribution in [2.24, 2.45) is 5.92 Å². The van der Waals surface area contributed by atoms with Crippen LogP contribution in [0.25, 0.3) is 0 Å². The van der Waals surface area contributed by atoms with Crippen LogP contribution in [0, 0.1) is 5.92 Å². The minimum atomic E-state index is -0.000258. The lowest BCUT2D eigenvalue weighted by Crippen LogP contribution is -2.52. The Hall–Kier alpha value is -0.160. The molecule has 1 heterocycles. The molecule has 3 atom stereocenters. The van der Waals surface area contributed by atoms with Gasteiger partial charge in [-0.2, -0.15) is 0 Å². The molecular weight excluding hydrogens is 262 g/mol. The first kappa shape index (κ1) is 17.2. The maximum atomic E-state index is 9.87. The minimum absolute atomic E-state index is 0.000258. The van der Waals surface area contributed by atoms with Gasteiger partial charge in [0.25, 0.3) is 0 Å². The third-order valence-corrected chi connectivity index (χ3v) is 5.82. The Balaban J connectivity index is 1.78. The number of rotatable bonds is 8. The summed E-state index contributed by atoms with van der Waals surface area (Å²) in [5, 5.41) is 13.4. The topological polar surface area (TPSA) is 38.7 Å². The van der Waals surface area contributed by atoms with Crippen LogP contribution in [0.15, 0.2) is 0 Å². The van der Waals surface area contributed by atoms with E-state index >= 15 is 0 Å². The Labute approximate surface area is 130 Å². The second kappa shape index (κ2) is 7.91. The largest absolute Gasteiger partial charge is 0.394 e. The standard InChI is InChI=1S/C17H35N3O/c1-4-18-17(14-21)10-5-7-15(17)9-12-19(2)13-16-8-6-11-20(16)3/h15-16,18,21H,4-14H2,1-3H3. The van der Waals surface area contributed by atoms with Gasteiger partial charge in [-0.1, -0.05) is 13.3 Å². The number of aliphatic hydroxyl groups excluding tert-OH is 1. The van der Waals surface area contributed by atoms with Gasteiger partial charge in [0.15, 0.2) is 0 Å². The van der Waals surface area contributed by atoms with Crippen molar-refractivity contribution in [2.45, 2.75) is 57.0 Å². The Morgan fingerprint density at radius 1 is 1.33 bits per heavy atom. The third-order valence-electron chi connectivity index (χ3n) is 5.82. The quantitative estimate of drug-likeness (QED) is 0.713. The summed E-state index contributed by atoms with van der Waals surface area (Å²) in [5.41, 5.74) is -0.000258. The first-order valence-corrected chi connectivity index (χ1v) is 8.86. The highest BCUT2D eigenvalue weighted by Gasteiger charge is 2.41. The average Bonchev–Trinajstić information content (AvgIpc) is 3.05. The van der Waals surface area contributed by atoms with Crippen molar-refractivity contribution >= 4 is 0 Å². The van der Waals surface area contributed by atoms with E-state index in [1.54, 1.807) is 0 Å². The van der Waals surface area contributed by atoms with E-state index in [4.69, 9.17) is 0 Å². The molecule has 4 nitrogen and oxygen atoms in total. The zero-order valence-electron chi connectivity index (χ0n) is 14.3. The number of hydrogen-bond acceptors (Lipinski definition) is 4. The van der Waals surface area contributed by atoms with Crippen LogP contribution in [0.4, 0.5) is 0 Å². The van der Waals surface area contributed by atoms with E-state index in [0.717, 1.165) is 25.6 Å². The number of hydrogen-bond donors (Lipinski definition) is 2. The summed E-state index contributed by atoms with van der Waals surface area (Å²) in [6, 6.07) is 0.745. The minimum Gasteiger partial charge on any atom is -0.394 e. The first-order chi connectivity index (χ1) is 10.1. The second-order valence-electron chi connectivity index (χ2n) is 7.26. The Bertz CT molecular complexity index is 312. The summed E-state index contributed by atoms with van der Waals surface area (Å²) in [5.74, 6) is 0.631. The van der Waals surface area contributed by atoms with Crippen molar-refractivity contribution in [1.82, 2.24) is 15.1 Å². The molecule has 1 saturated carbocycles. The van der Waals surface area contributed by atoms with E-state index in [0.29, 0.717) is 12.5 Å². The molecule has 21 heavy (non-hydrogen) atoms. The zero-order valence-corrected chi connectivity index (χ0v) is 14.3. The van der Waals surface area contributed by atoms with Gasteiger partial charge in [-0.3, -0.25) is 0 Å². The smallest absolute Gasteiger partial charge is 0.0616 e. The maximum Gasteiger partial charge on any atom is 0.0616 e. The molecular formula is C17H35N3O. The lowest BCUT2D eigenvalue weighted by Gasteiger charge is -2.36. The van der Waals surface area contributed by atoms with E-state index in [-0.39, 0.29) is 5.54 Å². The predicted molar refractivity (Wildman–Crippen MR) is 88.6 cm³/mol. The summed E-state index contributed by atoms with van der Waals surface area (Å²) >= 11 is 0. The Morgan fingerprint density at radius 2 is 2.14 bits per heavy atom. The van der Waals surface area contributed by atoms with Gasteiger partial charge >= 0.3 is 0 Å². The number of nitrogens with one attached hydrogen (secondary N) is 1. The number of likely N-dealkylation sites (N-methyl/N-ethyl adjacent to an activating group) is 3. The van der Waals surface area contributed by atoms with E-state index in [2.05, 4.69) is 36.1 Å². The van der Waals surface area contributed by atoms with Gasteiger partial charge in [-0.25, -0.2) is 0 Å². The number of aliphatic hydroxyl groups is 1. The maximum absolute atomic E-state index is 9.87. The van der Waals surface area contributed by atoms with Crippen LogP contribution in [0.5, 0.6) is 0 Å². The van der Waals surface area contributed by atoms with Gasteiger partial charge in [0.1, 0.15) is 0 Å². The molecule has 4 heteroatoms. The zero-order chi connectivity index (χ0) is 15.3. The van der Waals surface area contributed by atoms with Crippen molar-refractivity contribution in [1.29, 1.82) is 0 Å². The van der Waals surface area contributed by atoms with E-state index in [1.807, 2.05) is 0 Å². The van der Waals surface area contributed by atoms with Gasteiger partial charge < -0.3 is 20.2 Å². The summed E-state index contributed by atoms with van der Waals surface area (Å²) < 4.78 is 0. The van der Waals surface area contributed by atoms with Crippen LogP contribution in [-0.4, -0.2) is 73.4 Å². The predicted octanol–water partition coefficient (Wildman–Crippen LogP) is 1.54. The molecule has 124 valence electrons. The molecule has 0 radical (unpaired) electrons. The van der Waals surface area contributed by atoms with Gasteiger partial charge in [0.2, 0.25) is 0 Å². The molecule has 0 aromatic carbocycles. The normalized spacial score (nSPS) is 34.1. The molecule has 2 N–H and O–H groups in total. The van der Waals surface area contributed by atoms with Crippen LogP contribution >= 0.6 is 0 Å². The van der Waals surface area contributed by atoms with Crippen molar-refractivity contribution in [3.8, 4) is 0 Å². The molecule has 1 aliphatic carbocycles. The van der Waals surface area contributed by atoms with Crippen LogP contribution in [0.1, 0.15) is 45.4 Å². The van der Waals surface area contributed by atoms with E-state index in [1.165, 1.54) is 45.2 Å². The van der Waals surface area contributed by atoms with Crippen LogP contribution in [-0.2, 0) is 0 Å². The highest BCUT2D eigenvalue weighted by atomic mass is 16.3.